The molecule has 0 atom stereocenters. The van der Waals surface area contributed by atoms with Gasteiger partial charge in [0.15, 0.2) is 24.4 Å². The molecule has 0 aromatic heterocycles. The van der Waals surface area contributed by atoms with Gasteiger partial charge in [-0.25, -0.2) is 4.79 Å². The number of carbonyl (C=O) groups excluding carboxylic acids is 3. The van der Waals surface area contributed by atoms with E-state index in [1.807, 2.05) is 6.92 Å². The third-order valence-corrected chi connectivity index (χ3v) is 4.02. The Kier molecular flexibility index (Phi) is 8.01. The van der Waals surface area contributed by atoms with Gasteiger partial charge in [0.05, 0.1) is 24.8 Å². The number of anilines is 1. The van der Waals surface area contributed by atoms with E-state index in [1.54, 1.807) is 30.3 Å². The second-order valence-electron chi connectivity index (χ2n) is 5.70. The first-order valence-corrected chi connectivity index (χ1v) is 9.30. The Balaban J connectivity index is 2.04. The largest absolute Gasteiger partial charge is 0.493 e. The summed E-state index contributed by atoms with van der Waals surface area (Å²) in [7, 11) is 1.44. The van der Waals surface area contributed by atoms with Gasteiger partial charge in [0.1, 0.15) is 0 Å². The Morgan fingerprint density at radius 3 is 2.68 bits per heavy atom. The molecular formula is C20H20BrNO6. The molecule has 148 valence electrons. The maximum Gasteiger partial charge on any atom is 0.338 e. The Bertz CT molecular complexity index is 868. The summed E-state index contributed by atoms with van der Waals surface area (Å²) in [4.78, 5) is 35.4. The number of rotatable bonds is 9. The van der Waals surface area contributed by atoms with E-state index in [0.29, 0.717) is 34.4 Å². The number of carbonyl (C=O) groups is 3. The average Bonchev–Trinajstić information content (AvgIpc) is 2.70. The number of hydrogen-bond donors (Lipinski definition) is 1. The summed E-state index contributed by atoms with van der Waals surface area (Å²) >= 11 is 3.28. The predicted octanol–water partition coefficient (Wildman–Crippen LogP) is 3.85. The van der Waals surface area contributed by atoms with E-state index < -0.39 is 11.9 Å². The van der Waals surface area contributed by atoms with Crippen molar-refractivity contribution < 1.29 is 28.6 Å². The van der Waals surface area contributed by atoms with E-state index in [2.05, 4.69) is 21.2 Å². The quantitative estimate of drug-likeness (QED) is 0.461. The number of benzene rings is 2. The zero-order valence-electron chi connectivity index (χ0n) is 15.5. The van der Waals surface area contributed by atoms with Crippen molar-refractivity contribution in [3.8, 4) is 11.5 Å². The molecule has 2 aromatic rings. The van der Waals surface area contributed by atoms with E-state index >= 15 is 0 Å². The van der Waals surface area contributed by atoms with Gasteiger partial charge in [-0.1, -0.05) is 28.9 Å². The second-order valence-corrected chi connectivity index (χ2v) is 6.61. The number of methoxy groups -OCH3 is 1. The molecule has 0 radical (unpaired) electrons. The first-order valence-electron chi connectivity index (χ1n) is 8.51. The first kappa shape index (κ1) is 21.4. The molecule has 1 N–H and O–H groups in total. The number of ether oxygens (including phenoxy) is 3. The molecule has 7 nitrogen and oxygen atoms in total. The molecule has 0 aliphatic heterocycles. The molecule has 0 saturated heterocycles. The Hall–Kier alpha value is -2.87. The highest BCUT2D eigenvalue weighted by Crippen LogP contribution is 2.34. The van der Waals surface area contributed by atoms with Gasteiger partial charge in [-0.05, 0) is 36.8 Å². The van der Waals surface area contributed by atoms with Crippen LogP contribution in [0.15, 0.2) is 40.9 Å². The Morgan fingerprint density at radius 2 is 2.00 bits per heavy atom. The molecule has 8 heteroatoms. The number of nitrogens with one attached hydrogen (secondary N) is 1. The summed E-state index contributed by atoms with van der Waals surface area (Å²) in [6.07, 6.45) is 1.34. The standard InChI is InChI=1S/C20H20BrNO6/c1-3-7-27-20(25)13-5-4-6-16(9-13)22-18(24)12-28-19-14(11-23)8-15(21)10-17(19)26-2/h4-6,8-11H,3,7,12H2,1-2H3,(H,22,24). The summed E-state index contributed by atoms with van der Waals surface area (Å²) in [6.45, 7) is 1.89. The molecule has 0 unspecified atom stereocenters. The zero-order valence-corrected chi connectivity index (χ0v) is 17.1. The van der Waals surface area contributed by atoms with Crippen LogP contribution in [-0.2, 0) is 9.53 Å². The van der Waals surface area contributed by atoms with Crippen molar-refractivity contribution in [1.82, 2.24) is 0 Å². The highest BCUT2D eigenvalue weighted by Gasteiger charge is 2.15. The summed E-state index contributed by atoms with van der Waals surface area (Å²) in [5, 5.41) is 2.64. The minimum atomic E-state index is -0.458. The molecule has 0 aliphatic carbocycles. The van der Waals surface area contributed by atoms with Gasteiger partial charge in [0.2, 0.25) is 0 Å². The molecule has 0 spiro atoms. The fourth-order valence-electron chi connectivity index (χ4n) is 2.32. The summed E-state index contributed by atoms with van der Waals surface area (Å²) in [6, 6.07) is 9.60. The number of esters is 1. The third-order valence-electron chi connectivity index (χ3n) is 3.56. The van der Waals surface area contributed by atoms with Crippen molar-refractivity contribution in [3.05, 3.63) is 52.0 Å². The fraction of sp³-hybridized carbons (Fsp3) is 0.250. The second kappa shape index (κ2) is 10.5. The van der Waals surface area contributed by atoms with E-state index in [1.165, 1.54) is 13.2 Å². The van der Waals surface area contributed by atoms with Crippen LogP contribution in [0.5, 0.6) is 11.5 Å². The van der Waals surface area contributed by atoms with Gasteiger partial charge < -0.3 is 19.5 Å². The topological polar surface area (TPSA) is 90.9 Å². The van der Waals surface area contributed by atoms with Gasteiger partial charge in [0, 0.05) is 10.2 Å². The van der Waals surface area contributed by atoms with Crippen LogP contribution in [0.25, 0.3) is 0 Å². The molecule has 0 heterocycles. The van der Waals surface area contributed by atoms with Crippen molar-refractivity contribution in [3.63, 3.8) is 0 Å². The number of aldehydes is 1. The molecule has 0 saturated carbocycles. The van der Waals surface area contributed by atoms with Crippen molar-refractivity contribution in [1.29, 1.82) is 0 Å². The van der Waals surface area contributed by atoms with Gasteiger partial charge in [-0.3, -0.25) is 9.59 Å². The van der Waals surface area contributed by atoms with E-state index in [-0.39, 0.29) is 17.9 Å². The van der Waals surface area contributed by atoms with Crippen LogP contribution in [-0.4, -0.2) is 38.5 Å². The van der Waals surface area contributed by atoms with Crippen LogP contribution in [0.2, 0.25) is 0 Å². The van der Waals surface area contributed by atoms with Gasteiger partial charge in [0.25, 0.3) is 5.91 Å². The summed E-state index contributed by atoms with van der Waals surface area (Å²) in [5.74, 6) is -0.414. The smallest absolute Gasteiger partial charge is 0.338 e. The zero-order chi connectivity index (χ0) is 20.5. The molecule has 0 aliphatic rings. The third kappa shape index (κ3) is 5.82. The molecule has 28 heavy (non-hydrogen) atoms. The normalized spacial score (nSPS) is 10.1. The maximum atomic E-state index is 12.2. The fourth-order valence-corrected chi connectivity index (χ4v) is 2.77. The molecule has 2 aromatic carbocycles. The lowest BCUT2D eigenvalue weighted by Crippen LogP contribution is -2.21. The van der Waals surface area contributed by atoms with Crippen molar-refractivity contribution >= 4 is 39.8 Å². The molecular weight excluding hydrogens is 430 g/mol. The predicted molar refractivity (Wildman–Crippen MR) is 107 cm³/mol. The Labute approximate surface area is 171 Å². The van der Waals surface area contributed by atoms with Crippen molar-refractivity contribution in [2.24, 2.45) is 0 Å². The molecule has 1 amide bonds. The maximum absolute atomic E-state index is 12.2. The Morgan fingerprint density at radius 1 is 1.21 bits per heavy atom. The first-order chi connectivity index (χ1) is 13.5. The van der Waals surface area contributed by atoms with Gasteiger partial charge in [-0.2, -0.15) is 0 Å². The number of hydrogen-bond acceptors (Lipinski definition) is 6. The van der Waals surface area contributed by atoms with Crippen molar-refractivity contribution in [2.75, 3.05) is 25.6 Å². The van der Waals surface area contributed by atoms with E-state index in [9.17, 15) is 14.4 Å². The minimum Gasteiger partial charge on any atom is -0.493 e. The van der Waals surface area contributed by atoms with Gasteiger partial charge in [-0.15, -0.1) is 0 Å². The van der Waals surface area contributed by atoms with Crippen LogP contribution in [0.4, 0.5) is 5.69 Å². The highest BCUT2D eigenvalue weighted by atomic mass is 79.9. The lowest BCUT2D eigenvalue weighted by Gasteiger charge is -2.13. The van der Waals surface area contributed by atoms with Crippen LogP contribution in [0.1, 0.15) is 34.1 Å². The highest BCUT2D eigenvalue weighted by molar-refractivity contribution is 9.10. The molecule has 0 fully saturated rings. The lowest BCUT2D eigenvalue weighted by atomic mass is 10.2. The SMILES string of the molecule is CCCOC(=O)c1cccc(NC(=O)COc2c(C=O)cc(Br)cc2OC)c1. The minimum absolute atomic E-state index is 0.174. The molecule has 0 bridgehead atoms. The van der Waals surface area contributed by atoms with E-state index in [4.69, 9.17) is 14.2 Å². The summed E-state index contributed by atoms with van der Waals surface area (Å²) < 4.78 is 16.4. The van der Waals surface area contributed by atoms with E-state index in [0.717, 1.165) is 6.42 Å². The lowest BCUT2D eigenvalue weighted by molar-refractivity contribution is -0.118. The van der Waals surface area contributed by atoms with Crippen LogP contribution in [0, 0.1) is 0 Å². The number of halogens is 1. The van der Waals surface area contributed by atoms with Crippen LogP contribution < -0.4 is 14.8 Å². The van der Waals surface area contributed by atoms with Crippen molar-refractivity contribution in [2.45, 2.75) is 13.3 Å². The van der Waals surface area contributed by atoms with Gasteiger partial charge >= 0.3 is 5.97 Å². The molecule has 2 rings (SSSR count). The van der Waals surface area contributed by atoms with Crippen LogP contribution in [0.3, 0.4) is 0 Å². The average molecular weight is 450 g/mol. The van der Waals surface area contributed by atoms with Crippen LogP contribution >= 0.6 is 15.9 Å². The number of amides is 1. The monoisotopic (exact) mass is 449 g/mol. The summed E-state index contributed by atoms with van der Waals surface area (Å²) in [5.41, 5.74) is 1.02.